The second-order valence-corrected chi connectivity index (χ2v) is 5.85. The van der Waals surface area contributed by atoms with Gasteiger partial charge in [-0.2, -0.15) is 0 Å². The molecule has 0 atom stereocenters. The molecule has 0 unspecified atom stereocenters. The predicted molar refractivity (Wildman–Crippen MR) is 95.6 cm³/mol. The minimum absolute atomic E-state index is 0.0283. The highest BCUT2D eigenvalue weighted by Crippen LogP contribution is 2.35. The molecule has 3 N–H and O–H groups in total. The number of phenols is 1. The minimum Gasteiger partial charge on any atom is -0.507 e. The molecule has 3 rings (SSSR count). The number of rotatable bonds is 3. The molecule has 1 aromatic heterocycles. The number of hydrogen-bond donors (Lipinski definition) is 2. The maximum atomic E-state index is 10.2. The number of ether oxygens (including phenoxy) is 1. The first-order chi connectivity index (χ1) is 11.5. The molecule has 3 aromatic rings. The Bertz CT molecular complexity index is 916. The van der Waals surface area contributed by atoms with Crippen molar-refractivity contribution in [3.8, 4) is 34.0 Å². The largest absolute Gasteiger partial charge is 0.507 e. The normalized spacial score (nSPS) is 10.6. The lowest BCUT2D eigenvalue weighted by molar-refractivity contribution is 0.408. The van der Waals surface area contributed by atoms with Crippen LogP contribution in [0, 0.1) is 0 Å². The molecular formula is C17H13Cl2N3O2. The lowest BCUT2D eigenvalue weighted by Gasteiger charge is -2.10. The summed E-state index contributed by atoms with van der Waals surface area (Å²) in [7, 11) is 1.53. The lowest BCUT2D eigenvalue weighted by Crippen LogP contribution is -1.99. The van der Waals surface area contributed by atoms with Crippen LogP contribution in [0.15, 0.2) is 42.5 Å². The third kappa shape index (κ3) is 3.22. The highest BCUT2D eigenvalue weighted by Gasteiger charge is 2.13. The number of aromatic nitrogens is 2. The van der Waals surface area contributed by atoms with Gasteiger partial charge in [0.05, 0.1) is 23.5 Å². The first-order valence-electron chi connectivity index (χ1n) is 6.95. The quantitative estimate of drug-likeness (QED) is 0.721. The van der Waals surface area contributed by atoms with Gasteiger partial charge >= 0.3 is 0 Å². The van der Waals surface area contributed by atoms with Gasteiger partial charge in [0.1, 0.15) is 11.5 Å². The topological polar surface area (TPSA) is 81.3 Å². The summed E-state index contributed by atoms with van der Waals surface area (Å²) >= 11 is 12.2. The zero-order chi connectivity index (χ0) is 17.3. The SMILES string of the molecule is COc1ccc(-c2cc(-c3ccc(Cl)cc3Cl)nc(N)n2)c(O)c1. The number of phenolic OH excluding ortho intramolecular Hbond substituents is 1. The van der Waals surface area contributed by atoms with Gasteiger partial charge in [-0.05, 0) is 36.4 Å². The predicted octanol–water partition coefficient (Wildman–Crippen LogP) is 4.41. The number of hydrogen-bond acceptors (Lipinski definition) is 5. The Morgan fingerprint density at radius 2 is 1.62 bits per heavy atom. The van der Waals surface area contributed by atoms with Gasteiger partial charge in [0, 0.05) is 22.2 Å². The van der Waals surface area contributed by atoms with Gasteiger partial charge in [-0.3, -0.25) is 0 Å². The van der Waals surface area contributed by atoms with E-state index in [0.29, 0.717) is 38.3 Å². The van der Waals surface area contributed by atoms with E-state index >= 15 is 0 Å². The van der Waals surface area contributed by atoms with Gasteiger partial charge in [0.15, 0.2) is 0 Å². The van der Waals surface area contributed by atoms with Crippen molar-refractivity contribution in [2.24, 2.45) is 0 Å². The number of aromatic hydroxyl groups is 1. The van der Waals surface area contributed by atoms with E-state index in [1.165, 1.54) is 13.2 Å². The molecule has 0 fully saturated rings. The standard InChI is InChI=1S/C17H13Cl2N3O2/c1-24-10-3-5-12(16(23)7-10)15-8-14(21-17(20)22-15)11-4-2-9(18)6-13(11)19/h2-8,23H,1H3,(H2,20,21,22). The van der Waals surface area contributed by atoms with Crippen LogP contribution < -0.4 is 10.5 Å². The van der Waals surface area contributed by atoms with E-state index < -0.39 is 0 Å². The van der Waals surface area contributed by atoms with E-state index in [0.717, 1.165) is 0 Å². The average Bonchev–Trinajstić information content (AvgIpc) is 2.54. The Labute approximate surface area is 148 Å². The molecule has 5 nitrogen and oxygen atoms in total. The number of nitrogens with zero attached hydrogens (tertiary/aromatic N) is 2. The highest BCUT2D eigenvalue weighted by atomic mass is 35.5. The number of anilines is 1. The summed E-state index contributed by atoms with van der Waals surface area (Å²) in [5.41, 5.74) is 8.02. The summed E-state index contributed by atoms with van der Waals surface area (Å²) in [6.07, 6.45) is 0. The van der Waals surface area contributed by atoms with Crippen LogP contribution in [0.1, 0.15) is 0 Å². The van der Waals surface area contributed by atoms with E-state index in [4.69, 9.17) is 33.7 Å². The van der Waals surface area contributed by atoms with Crippen LogP contribution >= 0.6 is 23.2 Å². The Hall–Kier alpha value is -2.50. The molecule has 24 heavy (non-hydrogen) atoms. The summed E-state index contributed by atoms with van der Waals surface area (Å²) in [5, 5.41) is 11.2. The minimum atomic E-state index is 0.0283. The molecule has 0 amide bonds. The number of methoxy groups -OCH3 is 1. The molecule has 1 heterocycles. The van der Waals surface area contributed by atoms with Crippen LogP contribution in [-0.2, 0) is 0 Å². The number of nitrogens with two attached hydrogens (primary N) is 1. The lowest BCUT2D eigenvalue weighted by atomic mass is 10.1. The third-order valence-corrected chi connectivity index (χ3v) is 3.98. The van der Waals surface area contributed by atoms with Crippen molar-refractivity contribution in [1.29, 1.82) is 0 Å². The molecule has 0 saturated carbocycles. The molecule has 7 heteroatoms. The Morgan fingerprint density at radius 1 is 0.958 bits per heavy atom. The van der Waals surface area contributed by atoms with Gasteiger partial charge in [-0.1, -0.05) is 23.2 Å². The second kappa shape index (κ2) is 6.55. The zero-order valence-corrected chi connectivity index (χ0v) is 14.1. The van der Waals surface area contributed by atoms with Gasteiger partial charge in [-0.25, -0.2) is 9.97 Å². The first-order valence-corrected chi connectivity index (χ1v) is 7.71. The Kier molecular flexibility index (Phi) is 4.46. The zero-order valence-electron chi connectivity index (χ0n) is 12.6. The third-order valence-electron chi connectivity index (χ3n) is 3.43. The maximum Gasteiger partial charge on any atom is 0.221 e. The summed E-state index contributed by atoms with van der Waals surface area (Å²) in [6.45, 7) is 0. The van der Waals surface area contributed by atoms with Crippen molar-refractivity contribution in [3.63, 3.8) is 0 Å². The van der Waals surface area contributed by atoms with Crippen molar-refractivity contribution < 1.29 is 9.84 Å². The Balaban J connectivity index is 2.13. The molecule has 0 radical (unpaired) electrons. The van der Waals surface area contributed by atoms with Crippen molar-refractivity contribution in [1.82, 2.24) is 9.97 Å². The van der Waals surface area contributed by atoms with Crippen LogP contribution in [0.4, 0.5) is 5.95 Å². The van der Waals surface area contributed by atoms with Gasteiger partial charge in [0.25, 0.3) is 0 Å². The van der Waals surface area contributed by atoms with Crippen molar-refractivity contribution in [2.75, 3.05) is 12.8 Å². The Morgan fingerprint density at radius 3 is 2.25 bits per heavy atom. The number of benzene rings is 2. The first kappa shape index (κ1) is 16.4. The van der Waals surface area contributed by atoms with E-state index in [-0.39, 0.29) is 11.7 Å². The van der Waals surface area contributed by atoms with Crippen molar-refractivity contribution >= 4 is 29.2 Å². The van der Waals surface area contributed by atoms with E-state index in [9.17, 15) is 5.11 Å². The summed E-state index contributed by atoms with van der Waals surface area (Å²) in [5.74, 6) is 0.642. The number of nitrogen functional groups attached to an aromatic ring is 1. The van der Waals surface area contributed by atoms with E-state index in [1.807, 2.05) is 0 Å². The fraction of sp³-hybridized carbons (Fsp3) is 0.0588. The summed E-state index contributed by atoms with van der Waals surface area (Å²) < 4.78 is 5.08. The molecule has 0 aliphatic heterocycles. The van der Waals surface area contributed by atoms with Crippen LogP contribution in [0.5, 0.6) is 11.5 Å². The fourth-order valence-corrected chi connectivity index (χ4v) is 2.80. The average molecular weight is 362 g/mol. The molecule has 0 saturated heterocycles. The van der Waals surface area contributed by atoms with Gasteiger partial charge in [-0.15, -0.1) is 0 Å². The summed E-state index contributed by atoms with van der Waals surface area (Å²) in [6, 6.07) is 11.7. The monoisotopic (exact) mass is 361 g/mol. The maximum absolute atomic E-state index is 10.2. The molecule has 0 bridgehead atoms. The number of halogens is 2. The van der Waals surface area contributed by atoms with Crippen LogP contribution in [0.2, 0.25) is 10.0 Å². The van der Waals surface area contributed by atoms with Gasteiger partial charge < -0.3 is 15.6 Å². The molecule has 122 valence electrons. The van der Waals surface area contributed by atoms with E-state index in [1.54, 1.807) is 36.4 Å². The van der Waals surface area contributed by atoms with Gasteiger partial charge in [0.2, 0.25) is 5.95 Å². The molecule has 0 spiro atoms. The van der Waals surface area contributed by atoms with Crippen LogP contribution in [-0.4, -0.2) is 22.2 Å². The second-order valence-electron chi connectivity index (χ2n) is 5.00. The summed E-state index contributed by atoms with van der Waals surface area (Å²) in [4.78, 5) is 8.41. The van der Waals surface area contributed by atoms with Crippen molar-refractivity contribution in [3.05, 3.63) is 52.5 Å². The van der Waals surface area contributed by atoms with Crippen molar-refractivity contribution in [2.45, 2.75) is 0 Å². The smallest absolute Gasteiger partial charge is 0.221 e. The van der Waals surface area contributed by atoms with Crippen LogP contribution in [0.3, 0.4) is 0 Å². The molecular weight excluding hydrogens is 349 g/mol. The fourth-order valence-electron chi connectivity index (χ4n) is 2.29. The molecule has 0 aliphatic rings. The molecule has 0 aliphatic carbocycles. The van der Waals surface area contributed by atoms with E-state index in [2.05, 4.69) is 9.97 Å². The van der Waals surface area contributed by atoms with Crippen LogP contribution in [0.25, 0.3) is 22.5 Å². The highest BCUT2D eigenvalue weighted by molar-refractivity contribution is 6.36. The molecule has 2 aromatic carbocycles.